The van der Waals surface area contributed by atoms with Gasteiger partial charge in [-0.1, -0.05) is 18.2 Å². The minimum Gasteiger partial charge on any atom is -0.497 e. The highest BCUT2D eigenvalue weighted by molar-refractivity contribution is 7.30. The van der Waals surface area contributed by atoms with Crippen molar-refractivity contribution in [1.82, 2.24) is 4.98 Å². The van der Waals surface area contributed by atoms with Gasteiger partial charge in [0, 0.05) is 28.3 Å². The predicted molar refractivity (Wildman–Crippen MR) is 93.5 cm³/mol. The quantitative estimate of drug-likeness (QED) is 0.696. The summed E-state index contributed by atoms with van der Waals surface area (Å²) in [5.41, 5.74) is 0.846. The van der Waals surface area contributed by atoms with Crippen LogP contribution in [0.2, 0.25) is 0 Å². The molecule has 0 N–H and O–H groups in total. The number of aromatic nitrogens is 1. The van der Waals surface area contributed by atoms with E-state index in [0.29, 0.717) is 0 Å². The molecule has 3 rings (SSSR count). The van der Waals surface area contributed by atoms with Gasteiger partial charge in [-0.05, 0) is 18.2 Å². The van der Waals surface area contributed by atoms with Gasteiger partial charge in [0.2, 0.25) is 0 Å². The van der Waals surface area contributed by atoms with E-state index in [1.807, 2.05) is 42.5 Å². The van der Waals surface area contributed by atoms with Crippen LogP contribution in [0, 0.1) is 0 Å². The van der Waals surface area contributed by atoms with Gasteiger partial charge in [-0.3, -0.25) is 4.98 Å². The average molecular weight is 315 g/mol. The molecule has 21 heavy (non-hydrogen) atoms. The number of ether oxygens (including phenoxy) is 2. The lowest BCUT2D eigenvalue weighted by Crippen LogP contribution is -2.07. The van der Waals surface area contributed by atoms with Crippen LogP contribution >= 0.6 is 18.5 Å². The molecular weight excluding hydrogens is 300 g/mol. The van der Waals surface area contributed by atoms with Gasteiger partial charge in [0.05, 0.1) is 12.6 Å². The zero-order valence-electron chi connectivity index (χ0n) is 11.5. The first kappa shape index (κ1) is 14.3. The van der Waals surface area contributed by atoms with E-state index in [9.17, 15) is 0 Å². The summed E-state index contributed by atoms with van der Waals surface area (Å²) >= 11 is 0. The Morgan fingerprint density at radius 2 is 1.76 bits per heavy atom. The molecule has 0 aliphatic heterocycles. The van der Waals surface area contributed by atoms with Crippen LogP contribution in [0.15, 0.2) is 48.7 Å². The van der Waals surface area contributed by atoms with Gasteiger partial charge in [0.15, 0.2) is 0 Å². The maximum absolute atomic E-state index is 6.10. The molecule has 106 valence electrons. The third-order valence-electron chi connectivity index (χ3n) is 3.20. The summed E-state index contributed by atoms with van der Waals surface area (Å²) in [4.78, 5) is 4.37. The van der Waals surface area contributed by atoms with Crippen molar-refractivity contribution >= 4 is 40.0 Å². The number of hydrogen-bond donors (Lipinski definition) is 0. The molecule has 5 heteroatoms. The molecule has 0 amide bonds. The van der Waals surface area contributed by atoms with Crippen LogP contribution in [0.25, 0.3) is 10.9 Å². The van der Waals surface area contributed by atoms with Crippen molar-refractivity contribution in [2.45, 2.75) is 0 Å². The van der Waals surface area contributed by atoms with Crippen molar-refractivity contribution in [3.63, 3.8) is 0 Å². The molecule has 0 fully saturated rings. The Hall–Kier alpha value is -1.69. The maximum Gasteiger partial charge on any atom is 0.141 e. The van der Waals surface area contributed by atoms with Crippen LogP contribution in [-0.2, 0) is 0 Å². The maximum atomic E-state index is 6.10. The predicted octanol–water partition coefficient (Wildman–Crippen LogP) is 3.04. The average Bonchev–Trinajstić information content (AvgIpc) is 2.50. The van der Waals surface area contributed by atoms with Crippen LogP contribution < -0.4 is 20.1 Å². The van der Waals surface area contributed by atoms with Crippen molar-refractivity contribution in [3.8, 4) is 17.2 Å². The fraction of sp³-hybridized carbons (Fsp3) is 0.0625. The highest BCUT2D eigenvalue weighted by Gasteiger charge is 2.09. The number of benzene rings is 2. The number of hydrogen-bond acceptors (Lipinski definition) is 3. The topological polar surface area (TPSA) is 31.4 Å². The Balaban J connectivity index is 2.09. The summed E-state index contributed by atoms with van der Waals surface area (Å²) in [6.45, 7) is 0. The Bertz CT molecular complexity index is 785. The molecule has 0 aliphatic carbocycles. The number of methoxy groups -OCH3 is 1. The third kappa shape index (κ3) is 2.85. The number of pyridine rings is 1. The van der Waals surface area contributed by atoms with Crippen LogP contribution in [0.3, 0.4) is 0 Å². The summed E-state index contributed by atoms with van der Waals surface area (Å²) < 4.78 is 11.3. The molecule has 2 aromatic carbocycles. The van der Waals surface area contributed by atoms with Crippen molar-refractivity contribution in [1.29, 1.82) is 0 Å². The van der Waals surface area contributed by atoms with Gasteiger partial charge >= 0.3 is 0 Å². The second-order valence-corrected chi connectivity index (χ2v) is 5.80. The van der Waals surface area contributed by atoms with E-state index >= 15 is 0 Å². The molecule has 2 atom stereocenters. The summed E-state index contributed by atoms with van der Waals surface area (Å²) in [5, 5.41) is 2.98. The van der Waals surface area contributed by atoms with Crippen LogP contribution in [0.1, 0.15) is 0 Å². The monoisotopic (exact) mass is 315 g/mol. The fourth-order valence-corrected chi connectivity index (χ4v) is 2.96. The zero-order valence-corrected chi connectivity index (χ0v) is 13.8. The van der Waals surface area contributed by atoms with Gasteiger partial charge in [-0.25, -0.2) is 0 Å². The highest BCUT2D eigenvalue weighted by Crippen LogP contribution is 2.30. The molecule has 1 aromatic heterocycles. The van der Waals surface area contributed by atoms with Crippen LogP contribution in [0.4, 0.5) is 0 Å². The van der Waals surface area contributed by atoms with Crippen molar-refractivity contribution in [2.24, 2.45) is 0 Å². The Labute approximate surface area is 128 Å². The third-order valence-corrected chi connectivity index (χ3v) is 4.11. The number of rotatable bonds is 3. The van der Waals surface area contributed by atoms with E-state index in [0.717, 1.165) is 38.8 Å². The fourth-order valence-electron chi connectivity index (χ4n) is 2.12. The molecular formula is C16H15NO2P2. The first-order chi connectivity index (χ1) is 10.2. The summed E-state index contributed by atoms with van der Waals surface area (Å²) in [6.07, 6.45) is 1.74. The van der Waals surface area contributed by atoms with Gasteiger partial charge in [-0.2, -0.15) is 0 Å². The minimum absolute atomic E-state index is 0.779. The largest absolute Gasteiger partial charge is 0.497 e. The Kier molecular flexibility index (Phi) is 4.05. The van der Waals surface area contributed by atoms with Crippen molar-refractivity contribution in [3.05, 3.63) is 48.7 Å². The van der Waals surface area contributed by atoms with E-state index in [4.69, 9.17) is 9.47 Å². The van der Waals surface area contributed by atoms with Crippen LogP contribution in [0.5, 0.6) is 17.2 Å². The smallest absolute Gasteiger partial charge is 0.141 e. The Morgan fingerprint density at radius 3 is 2.48 bits per heavy atom. The molecule has 3 nitrogen and oxygen atoms in total. The van der Waals surface area contributed by atoms with E-state index in [1.165, 1.54) is 0 Å². The van der Waals surface area contributed by atoms with Gasteiger partial charge in [0.1, 0.15) is 17.2 Å². The molecule has 0 aliphatic rings. The lowest BCUT2D eigenvalue weighted by molar-refractivity contribution is 0.415. The van der Waals surface area contributed by atoms with E-state index in [1.54, 1.807) is 13.3 Å². The van der Waals surface area contributed by atoms with E-state index in [2.05, 4.69) is 23.5 Å². The normalized spacial score (nSPS) is 10.6. The molecule has 0 spiro atoms. The molecule has 3 aromatic rings. The molecule has 0 saturated carbocycles. The number of fused-ring (bicyclic) bond motifs is 1. The minimum atomic E-state index is 0.779. The van der Waals surface area contributed by atoms with Gasteiger partial charge in [-0.15, -0.1) is 18.5 Å². The highest BCUT2D eigenvalue weighted by atomic mass is 31.0. The first-order valence-electron chi connectivity index (χ1n) is 6.43. The number of nitrogens with zero attached hydrogens (tertiary/aromatic N) is 1. The van der Waals surface area contributed by atoms with Crippen LogP contribution in [-0.4, -0.2) is 12.1 Å². The molecule has 1 heterocycles. The van der Waals surface area contributed by atoms with E-state index < -0.39 is 0 Å². The molecule has 0 radical (unpaired) electrons. The summed E-state index contributed by atoms with van der Waals surface area (Å²) in [7, 11) is 7.04. The molecule has 0 bridgehead atoms. The lowest BCUT2D eigenvalue weighted by atomic mass is 10.2. The summed E-state index contributed by atoms with van der Waals surface area (Å²) in [6, 6.07) is 13.6. The van der Waals surface area contributed by atoms with E-state index in [-0.39, 0.29) is 0 Å². The van der Waals surface area contributed by atoms with Gasteiger partial charge in [0.25, 0.3) is 0 Å². The SMILES string of the molecule is COc1ccc2c(Oc3c(P)cccc3P)ccnc2c1. The second-order valence-electron chi connectivity index (χ2n) is 4.56. The lowest BCUT2D eigenvalue weighted by Gasteiger charge is -2.13. The van der Waals surface area contributed by atoms with Crippen molar-refractivity contribution < 1.29 is 9.47 Å². The summed E-state index contributed by atoms with van der Waals surface area (Å²) in [5.74, 6) is 2.39. The number of para-hydroxylation sites is 1. The Morgan fingerprint density at radius 1 is 1.00 bits per heavy atom. The first-order valence-corrected chi connectivity index (χ1v) is 7.59. The van der Waals surface area contributed by atoms with Crippen molar-refractivity contribution in [2.75, 3.05) is 7.11 Å². The molecule has 2 unspecified atom stereocenters. The molecule has 0 saturated heterocycles. The zero-order chi connectivity index (χ0) is 14.8. The van der Waals surface area contributed by atoms with Gasteiger partial charge < -0.3 is 9.47 Å². The standard InChI is InChI=1S/C16H15NO2P2/c1-18-10-5-6-11-12(9-10)17-8-7-13(11)19-16-14(20)3-2-4-15(16)21/h2-9H,20-21H2,1H3. The second kappa shape index (κ2) is 5.97.